The average molecular weight is 465 g/mol. The van der Waals surface area contributed by atoms with Gasteiger partial charge in [0.25, 0.3) is 0 Å². The molecule has 9 nitrogen and oxygen atoms in total. The van der Waals surface area contributed by atoms with Gasteiger partial charge in [0, 0.05) is 38.5 Å². The summed E-state index contributed by atoms with van der Waals surface area (Å²) in [6.45, 7) is 0.582. The topological polar surface area (TPSA) is 104 Å². The number of fused-ring (bicyclic) bond motifs is 1. The number of ether oxygens (including phenoxy) is 2. The van der Waals surface area contributed by atoms with Crippen molar-refractivity contribution in [2.75, 3.05) is 40.1 Å². The van der Waals surface area contributed by atoms with Crippen LogP contribution in [0.25, 0.3) is 10.9 Å². The highest BCUT2D eigenvalue weighted by Gasteiger charge is 2.36. The van der Waals surface area contributed by atoms with E-state index < -0.39 is 5.82 Å². The number of methoxy groups -OCH3 is 1. The Bertz CT molecular complexity index is 1280. The van der Waals surface area contributed by atoms with E-state index in [0.29, 0.717) is 41.2 Å². The first kappa shape index (κ1) is 23.2. The molecule has 1 amide bonds. The third-order valence-corrected chi connectivity index (χ3v) is 5.80. The lowest BCUT2D eigenvalue weighted by atomic mass is 10.1. The molecule has 1 saturated heterocycles. The number of nitrogens with one attached hydrogen (secondary N) is 1. The molecule has 3 aromatic rings. The van der Waals surface area contributed by atoms with Crippen molar-refractivity contribution in [1.29, 1.82) is 5.26 Å². The molecule has 0 saturated carbocycles. The molecule has 1 fully saturated rings. The standard InChI is InChI=1S/C24H25FN6O3/c1-30(2)24(32)20-8-15(12-31(20)3)34-22-9-16-19(10-21(22)33-4)27-13-28-23(16)29-18-6-5-14(11-26)7-17(18)25/h5-7,9-10,13,15,20H,8,12H2,1-4H3,(H,27,28,29)/t15-,20?/m0/s1. The van der Waals surface area contributed by atoms with Gasteiger partial charge in [0.15, 0.2) is 11.5 Å². The number of likely N-dealkylation sites (tertiary alicyclic amines) is 1. The van der Waals surface area contributed by atoms with E-state index >= 15 is 0 Å². The van der Waals surface area contributed by atoms with Gasteiger partial charge in [0.1, 0.15) is 24.1 Å². The van der Waals surface area contributed by atoms with Crippen LogP contribution in [0.3, 0.4) is 0 Å². The molecule has 0 radical (unpaired) electrons. The Morgan fingerprint density at radius 2 is 2.06 bits per heavy atom. The van der Waals surface area contributed by atoms with Crippen molar-refractivity contribution in [1.82, 2.24) is 19.8 Å². The van der Waals surface area contributed by atoms with Gasteiger partial charge >= 0.3 is 0 Å². The molecule has 2 heterocycles. The molecular weight excluding hydrogens is 439 g/mol. The maximum absolute atomic E-state index is 14.4. The van der Waals surface area contributed by atoms with Gasteiger partial charge in [-0.25, -0.2) is 14.4 Å². The fourth-order valence-corrected chi connectivity index (χ4v) is 4.03. The first-order valence-electron chi connectivity index (χ1n) is 10.7. The van der Waals surface area contributed by atoms with Crippen LogP contribution in [-0.4, -0.2) is 72.6 Å². The van der Waals surface area contributed by atoms with Crippen LogP contribution in [0.4, 0.5) is 15.9 Å². The molecule has 1 N–H and O–H groups in total. The van der Waals surface area contributed by atoms with Crippen molar-refractivity contribution in [3.05, 3.63) is 48.0 Å². The highest BCUT2D eigenvalue weighted by atomic mass is 19.1. The number of carbonyl (C=O) groups excluding carboxylic acids is 1. The van der Waals surface area contributed by atoms with Crippen molar-refractivity contribution in [3.63, 3.8) is 0 Å². The molecule has 176 valence electrons. The Balaban J connectivity index is 1.65. The normalized spacial score (nSPS) is 17.9. The van der Waals surface area contributed by atoms with Gasteiger partial charge in [-0.2, -0.15) is 5.26 Å². The van der Waals surface area contributed by atoms with E-state index in [1.165, 1.54) is 18.5 Å². The summed E-state index contributed by atoms with van der Waals surface area (Å²) in [6.07, 6.45) is 1.69. The van der Waals surface area contributed by atoms with Crippen molar-refractivity contribution in [2.45, 2.75) is 18.6 Å². The number of nitrogens with zero attached hydrogens (tertiary/aromatic N) is 5. The molecule has 2 aromatic carbocycles. The van der Waals surface area contributed by atoms with Gasteiger partial charge < -0.3 is 19.7 Å². The molecule has 2 atom stereocenters. The lowest BCUT2D eigenvalue weighted by molar-refractivity contribution is -0.133. The quantitative estimate of drug-likeness (QED) is 0.594. The van der Waals surface area contributed by atoms with Gasteiger partial charge in [-0.05, 0) is 31.3 Å². The average Bonchev–Trinajstić information content (AvgIpc) is 3.19. The summed E-state index contributed by atoms with van der Waals surface area (Å²) in [6, 6.07) is 9.30. The van der Waals surface area contributed by atoms with Crippen LogP contribution >= 0.6 is 0 Å². The van der Waals surface area contributed by atoms with Crippen LogP contribution in [0, 0.1) is 17.1 Å². The number of rotatable bonds is 6. The zero-order chi connectivity index (χ0) is 24.4. The van der Waals surface area contributed by atoms with E-state index in [2.05, 4.69) is 15.3 Å². The zero-order valence-corrected chi connectivity index (χ0v) is 19.4. The molecular formula is C24H25FN6O3. The molecule has 1 aliphatic heterocycles. The third kappa shape index (κ3) is 4.56. The number of carbonyl (C=O) groups is 1. The highest BCUT2D eigenvalue weighted by Crippen LogP contribution is 2.36. The Kier molecular flexibility index (Phi) is 6.47. The summed E-state index contributed by atoms with van der Waals surface area (Å²) in [7, 11) is 6.92. The summed E-state index contributed by atoms with van der Waals surface area (Å²) in [5.74, 6) is 0.811. The first-order chi connectivity index (χ1) is 16.3. The number of aromatic nitrogens is 2. The molecule has 1 unspecified atom stereocenters. The Hall–Kier alpha value is -3.97. The summed E-state index contributed by atoms with van der Waals surface area (Å²) in [5, 5.41) is 12.5. The molecule has 1 aliphatic rings. The Morgan fingerprint density at radius 3 is 2.74 bits per heavy atom. The Morgan fingerprint density at radius 1 is 1.26 bits per heavy atom. The lowest BCUT2D eigenvalue weighted by Crippen LogP contribution is -2.40. The number of amides is 1. The van der Waals surface area contributed by atoms with Crippen LogP contribution in [-0.2, 0) is 4.79 Å². The summed E-state index contributed by atoms with van der Waals surface area (Å²) in [4.78, 5) is 24.6. The van der Waals surface area contributed by atoms with E-state index in [1.807, 2.05) is 18.0 Å². The number of hydrogen-bond donors (Lipinski definition) is 1. The van der Waals surface area contributed by atoms with Crippen molar-refractivity contribution in [3.8, 4) is 17.6 Å². The number of halogens is 1. The minimum atomic E-state index is -0.568. The maximum atomic E-state index is 14.4. The smallest absolute Gasteiger partial charge is 0.239 e. The SMILES string of the molecule is COc1cc2ncnc(Nc3ccc(C#N)cc3F)c2cc1O[C@H]1CC(C(=O)N(C)C)N(C)C1. The molecule has 0 aliphatic carbocycles. The van der Waals surface area contributed by atoms with Gasteiger partial charge in [0.2, 0.25) is 5.91 Å². The van der Waals surface area contributed by atoms with Crippen LogP contribution < -0.4 is 14.8 Å². The number of nitriles is 1. The summed E-state index contributed by atoms with van der Waals surface area (Å²) in [5.41, 5.74) is 0.989. The fourth-order valence-electron chi connectivity index (χ4n) is 4.03. The number of anilines is 2. The van der Waals surface area contributed by atoms with Crippen LogP contribution in [0.15, 0.2) is 36.7 Å². The second kappa shape index (κ2) is 9.49. The maximum Gasteiger partial charge on any atom is 0.239 e. The van der Waals surface area contributed by atoms with Crippen molar-refractivity contribution >= 4 is 28.3 Å². The van der Waals surface area contributed by atoms with E-state index in [4.69, 9.17) is 14.7 Å². The summed E-state index contributed by atoms with van der Waals surface area (Å²) < 4.78 is 26.2. The minimum absolute atomic E-state index is 0.0309. The predicted octanol–water partition coefficient (Wildman–Crippen LogP) is 2.93. The Labute approximate surface area is 196 Å². The second-order valence-corrected chi connectivity index (χ2v) is 8.34. The zero-order valence-electron chi connectivity index (χ0n) is 19.4. The van der Waals surface area contributed by atoms with Crippen molar-refractivity contribution < 1.29 is 18.7 Å². The predicted molar refractivity (Wildman–Crippen MR) is 125 cm³/mol. The molecule has 1 aromatic heterocycles. The van der Waals surface area contributed by atoms with E-state index in [0.717, 1.165) is 6.07 Å². The minimum Gasteiger partial charge on any atom is -0.493 e. The third-order valence-electron chi connectivity index (χ3n) is 5.80. The monoisotopic (exact) mass is 464 g/mol. The number of hydrogen-bond acceptors (Lipinski definition) is 8. The molecule has 0 spiro atoms. The van der Waals surface area contributed by atoms with E-state index in [-0.39, 0.29) is 29.3 Å². The largest absolute Gasteiger partial charge is 0.493 e. The molecule has 10 heteroatoms. The number of likely N-dealkylation sites (N-methyl/N-ethyl adjacent to an activating group) is 2. The first-order valence-corrected chi connectivity index (χ1v) is 10.7. The van der Waals surface area contributed by atoms with Gasteiger partial charge in [0.05, 0.1) is 36.0 Å². The van der Waals surface area contributed by atoms with Crippen LogP contribution in [0.2, 0.25) is 0 Å². The van der Waals surface area contributed by atoms with Gasteiger partial charge in [-0.3, -0.25) is 9.69 Å². The molecule has 0 bridgehead atoms. The summed E-state index contributed by atoms with van der Waals surface area (Å²) >= 11 is 0. The van der Waals surface area contributed by atoms with Crippen molar-refractivity contribution in [2.24, 2.45) is 0 Å². The van der Waals surface area contributed by atoms with Crippen LogP contribution in [0.5, 0.6) is 11.5 Å². The fraction of sp³-hybridized carbons (Fsp3) is 0.333. The molecule has 34 heavy (non-hydrogen) atoms. The van der Waals surface area contributed by atoms with Gasteiger partial charge in [-0.1, -0.05) is 0 Å². The van der Waals surface area contributed by atoms with Crippen LogP contribution in [0.1, 0.15) is 12.0 Å². The second-order valence-electron chi connectivity index (χ2n) is 8.34. The number of benzene rings is 2. The van der Waals surface area contributed by atoms with E-state index in [1.54, 1.807) is 38.2 Å². The molecule has 4 rings (SSSR count). The van der Waals surface area contributed by atoms with Gasteiger partial charge in [-0.15, -0.1) is 0 Å². The lowest BCUT2D eigenvalue weighted by Gasteiger charge is -2.21. The highest BCUT2D eigenvalue weighted by molar-refractivity contribution is 5.93. The van der Waals surface area contributed by atoms with E-state index in [9.17, 15) is 9.18 Å².